The van der Waals surface area contributed by atoms with Crippen LogP contribution in [0.25, 0.3) is 28.3 Å². The Morgan fingerprint density at radius 2 is 1.76 bits per heavy atom. The van der Waals surface area contributed by atoms with Gasteiger partial charge >= 0.3 is 0 Å². The average Bonchev–Trinajstić information content (AvgIpc) is 3.52. The summed E-state index contributed by atoms with van der Waals surface area (Å²) in [7, 11) is 3.52. The molecule has 1 amide bonds. The molecule has 192 valence electrons. The van der Waals surface area contributed by atoms with Crippen molar-refractivity contribution in [3.63, 3.8) is 0 Å². The number of carbonyl (C=O) groups excluding carboxylic acids is 1. The van der Waals surface area contributed by atoms with Crippen molar-refractivity contribution in [1.29, 1.82) is 0 Å². The van der Waals surface area contributed by atoms with Gasteiger partial charge in [-0.05, 0) is 36.3 Å². The van der Waals surface area contributed by atoms with Crippen LogP contribution < -0.4 is 0 Å². The van der Waals surface area contributed by atoms with Crippen LogP contribution in [0.2, 0.25) is 10.0 Å². The van der Waals surface area contributed by atoms with Gasteiger partial charge in [-0.1, -0.05) is 66.7 Å². The average molecular weight is 540 g/mol. The van der Waals surface area contributed by atoms with E-state index in [-0.39, 0.29) is 24.2 Å². The van der Waals surface area contributed by atoms with Crippen LogP contribution in [0.4, 0.5) is 0 Å². The molecule has 0 aliphatic heterocycles. The summed E-state index contributed by atoms with van der Waals surface area (Å²) >= 11 is 12.7. The second kappa shape index (κ2) is 10.6. The minimum atomic E-state index is -0.367. The molecule has 37 heavy (non-hydrogen) atoms. The van der Waals surface area contributed by atoms with E-state index < -0.39 is 0 Å². The highest BCUT2D eigenvalue weighted by Gasteiger charge is 2.30. The topological polar surface area (TPSA) is 102 Å². The maximum atomic E-state index is 13.7. The monoisotopic (exact) mass is 539 g/mol. The number of amides is 1. The predicted octanol–water partition coefficient (Wildman–Crippen LogP) is 4.93. The molecule has 0 atom stereocenters. The zero-order valence-corrected chi connectivity index (χ0v) is 22.1. The van der Waals surface area contributed by atoms with Crippen molar-refractivity contribution < 1.29 is 9.90 Å². The normalized spacial score (nSPS) is 14.2. The predicted molar refractivity (Wildman–Crippen MR) is 142 cm³/mol. The summed E-state index contributed by atoms with van der Waals surface area (Å²) in [6, 6.07) is 12.7. The summed E-state index contributed by atoms with van der Waals surface area (Å²) in [5.41, 5.74) is 3.29. The number of aromatic nitrogens is 6. The minimum absolute atomic E-state index is 0.152. The summed E-state index contributed by atoms with van der Waals surface area (Å²) < 4.78 is 1.61. The fraction of sp³-hybridized carbons (Fsp3) is 0.346. The van der Waals surface area contributed by atoms with Gasteiger partial charge in [0.15, 0.2) is 5.69 Å². The van der Waals surface area contributed by atoms with Gasteiger partial charge < -0.3 is 10.0 Å². The van der Waals surface area contributed by atoms with Crippen LogP contribution >= 0.6 is 23.2 Å². The fourth-order valence-electron chi connectivity index (χ4n) is 4.87. The van der Waals surface area contributed by atoms with E-state index in [9.17, 15) is 9.90 Å². The van der Waals surface area contributed by atoms with E-state index in [0.717, 1.165) is 36.8 Å². The number of benzene rings is 2. The number of hydrogen-bond donors (Lipinski definition) is 1. The third-order valence-electron chi connectivity index (χ3n) is 6.85. The lowest BCUT2D eigenvalue weighted by Gasteiger charge is -2.30. The highest BCUT2D eigenvalue weighted by atomic mass is 35.5. The molecule has 2 aromatic carbocycles. The van der Waals surface area contributed by atoms with Crippen molar-refractivity contribution in [3.05, 3.63) is 63.8 Å². The Hall–Kier alpha value is -3.27. The van der Waals surface area contributed by atoms with E-state index >= 15 is 0 Å². The van der Waals surface area contributed by atoms with Crippen LogP contribution in [0.5, 0.6) is 0 Å². The Morgan fingerprint density at radius 1 is 1.05 bits per heavy atom. The first-order valence-corrected chi connectivity index (χ1v) is 12.9. The molecule has 1 aliphatic carbocycles. The fourth-order valence-corrected chi connectivity index (χ4v) is 5.36. The molecule has 0 saturated heterocycles. The Morgan fingerprint density at radius 3 is 2.38 bits per heavy atom. The number of halogens is 2. The lowest BCUT2D eigenvalue weighted by Crippen LogP contribution is -2.38. The highest BCUT2D eigenvalue weighted by Crippen LogP contribution is 2.35. The van der Waals surface area contributed by atoms with Crippen LogP contribution in [0.1, 0.15) is 48.2 Å². The molecule has 1 fully saturated rings. The van der Waals surface area contributed by atoms with Gasteiger partial charge in [0.1, 0.15) is 0 Å². The number of nitrogens with zero attached hydrogens (tertiary/aromatic N) is 7. The van der Waals surface area contributed by atoms with Gasteiger partial charge in [0, 0.05) is 34.8 Å². The lowest BCUT2D eigenvalue weighted by molar-refractivity contribution is 0.0686. The molecular weight excluding hydrogens is 513 g/mol. The van der Waals surface area contributed by atoms with Crippen LogP contribution in [-0.2, 0) is 13.7 Å². The van der Waals surface area contributed by atoms with Crippen molar-refractivity contribution in [3.8, 4) is 28.3 Å². The number of hydrogen-bond acceptors (Lipinski definition) is 6. The summed E-state index contributed by atoms with van der Waals surface area (Å²) in [6.45, 7) is -0.367. The van der Waals surface area contributed by atoms with E-state index in [0.29, 0.717) is 32.8 Å². The quantitative estimate of drug-likeness (QED) is 0.372. The Kier molecular flexibility index (Phi) is 7.28. The number of aliphatic hydroxyl groups is 1. The van der Waals surface area contributed by atoms with Gasteiger partial charge in [0.2, 0.25) is 5.82 Å². The molecule has 1 aliphatic rings. The van der Waals surface area contributed by atoms with E-state index in [1.165, 1.54) is 11.2 Å². The Balaban J connectivity index is 1.63. The molecule has 0 bridgehead atoms. The number of aliphatic hydroxyl groups excluding tert-OH is 1. The molecule has 0 unspecified atom stereocenters. The summed E-state index contributed by atoms with van der Waals surface area (Å²) in [5, 5.41) is 28.3. The lowest BCUT2D eigenvalue weighted by atomic mass is 9.94. The Labute approximate surface area is 224 Å². The van der Waals surface area contributed by atoms with Crippen LogP contribution in [-0.4, -0.2) is 59.0 Å². The van der Waals surface area contributed by atoms with Crippen molar-refractivity contribution in [2.45, 2.75) is 44.8 Å². The van der Waals surface area contributed by atoms with Gasteiger partial charge in [-0.3, -0.25) is 4.79 Å². The maximum absolute atomic E-state index is 13.7. The van der Waals surface area contributed by atoms with Gasteiger partial charge in [-0.2, -0.15) is 9.90 Å². The summed E-state index contributed by atoms with van der Waals surface area (Å²) in [4.78, 5) is 16.9. The molecule has 5 rings (SSSR count). The second-order valence-electron chi connectivity index (χ2n) is 9.23. The van der Waals surface area contributed by atoms with Crippen molar-refractivity contribution >= 4 is 29.1 Å². The standard InChI is InChI=1S/C26H27Cl2N7O2/c1-33(19-6-4-3-5-7-19)26(37)23-20(15-36)24(35(30-23)22-13-12-18(27)14-21(22)28)16-8-10-17(11-9-16)25-29-32-34(2)31-25/h8-14,19,36H,3-7,15H2,1-2H3. The molecule has 4 aromatic rings. The number of carbonyl (C=O) groups is 1. The van der Waals surface area contributed by atoms with Crippen molar-refractivity contribution in [1.82, 2.24) is 34.9 Å². The molecule has 11 heteroatoms. The first-order valence-electron chi connectivity index (χ1n) is 12.2. The number of tetrazole rings is 1. The first kappa shape index (κ1) is 25.4. The van der Waals surface area contributed by atoms with Gasteiger partial charge in [-0.15, -0.1) is 10.2 Å². The van der Waals surface area contributed by atoms with Gasteiger partial charge in [0.25, 0.3) is 5.91 Å². The number of aryl methyl sites for hydroxylation is 1. The minimum Gasteiger partial charge on any atom is -0.392 e. The third-order valence-corrected chi connectivity index (χ3v) is 7.39. The van der Waals surface area contributed by atoms with E-state index in [1.54, 1.807) is 34.8 Å². The smallest absolute Gasteiger partial charge is 0.274 e. The van der Waals surface area contributed by atoms with Crippen LogP contribution in [0.15, 0.2) is 42.5 Å². The second-order valence-corrected chi connectivity index (χ2v) is 10.1. The van der Waals surface area contributed by atoms with Crippen LogP contribution in [0.3, 0.4) is 0 Å². The largest absolute Gasteiger partial charge is 0.392 e. The van der Waals surface area contributed by atoms with E-state index in [2.05, 4.69) is 15.4 Å². The Bertz CT molecular complexity index is 1430. The highest BCUT2D eigenvalue weighted by molar-refractivity contribution is 6.35. The molecule has 0 radical (unpaired) electrons. The maximum Gasteiger partial charge on any atom is 0.274 e. The summed E-state index contributed by atoms with van der Waals surface area (Å²) in [5.74, 6) is 0.275. The molecule has 2 aromatic heterocycles. The first-order chi connectivity index (χ1) is 17.9. The molecule has 1 N–H and O–H groups in total. The van der Waals surface area contributed by atoms with Gasteiger partial charge in [0.05, 0.1) is 30.1 Å². The molecular formula is C26H27Cl2N7O2. The van der Waals surface area contributed by atoms with E-state index in [1.807, 2.05) is 31.3 Å². The van der Waals surface area contributed by atoms with Crippen molar-refractivity contribution in [2.24, 2.45) is 7.05 Å². The van der Waals surface area contributed by atoms with E-state index in [4.69, 9.17) is 28.3 Å². The SMILES string of the molecule is CN(C(=O)c1nn(-c2ccc(Cl)cc2Cl)c(-c2ccc(-c3nnn(C)n3)cc2)c1CO)C1CCCCC1. The molecule has 0 spiro atoms. The molecule has 9 nitrogen and oxygen atoms in total. The third kappa shape index (κ3) is 4.99. The number of rotatable bonds is 6. The molecule has 1 saturated carbocycles. The summed E-state index contributed by atoms with van der Waals surface area (Å²) in [6.07, 6.45) is 5.31. The zero-order valence-electron chi connectivity index (χ0n) is 20.6. The zero-order chi connectivity index (χ0) is 26.1. The van der Waals surface area contributed by atoms with Crippen LogP contribution in [0, 0.1) is 0 Å². The van der Waals surface area contributed by atoms with Crippen molar-refractivity contribution in [2.75, 3.05) is 7.05 Å². The van der Waals surface area contributed by atoms with Gasteiger partial charge in [-0.25, -0.2) is 4.68 Å². The molecule has 2 heterocycles.